The van der Waals surface area contributed by atoms with Crippen LogP contribution in [-0.2, 0) is 61.5 Å². The van der Waals surface area contributed by atoms with E-state index >= 15 is 0 Å². The third-order valence-corrected chi connectivity index (χ3v) is 16.1. The van der Waals surface area contributed by atoms with Crippen LogP contribution in [0.4, 0.5) is 13.2 Å². The lowest BCUT2D eigenvalue weighted by Crippen LogP contribution is -2.14. The summed E-state index contributed by atoms with van der Waals surface area (Å²) in [5, 5.41) is 17.5. The molecule has 0 amide bonds. The average Bonchev–Trinajstić information content (AvgIpc) is 1.71. The number of nitrogens with two attached hydrogens (primary N) is 14. The summed E-state index contributed by atoms with van der Waals surface area (Å²) in [7, 11) is 8.13. The van der Waals surface area contributed by atoms with Crippen molar-refractivity contribution in [3.8, 4) is 17.2 Å². The molecule has 0 spiro atoms. The number of unbranched alkanes of at least 4 members (excludes halogenated alkanes) is 1. The molecule has 22 nitrogen and oxygen atoms in total. The van der Waals surface area contributed by atoms with Gasteiger partial charge in [-0.15, -0.1) is 0 Å². The largest absolute Gasteiger partial charge is 0.497 e. The molecule has 1 fully saturated rings. The second-order valence-corrected chi connectivity index (χ2v) is 26.2. The monoisotopic (exact) mass is 1650 g/mol. The Morgan fingerprint density at radius 1 is 0.435 bits per heavy atom. The molecule has 1 aliphatic carbocycles. The van der Waals surface area contributed by atoms with Gasteiger partial charge in [0, 0.05) is 98.4 Å². The van der Waals surface area contributed by atoms with Crippen molar-refractivity contribution in [3.63, 3.8) is 0 Å². The normalized spacial score (nSPS) is 10.5. The summed E-state index contributed by atoms with van der Waals surface area (Å²) in [6.45, 7) is 14.0. The highest BCUT2D eigenvalue weighted by molar-refractivity contribution is 6.30. The molecule has 10 rings (SSSR count). The van der Waals surface area contributed by atoms with E-state index in [0.717, 1.165) is 140 Å². The maximum atomic E-state index is 12.5. The lowest BCUT2D eigenvalue weighted by Gasteiger charge is -2.11. The van der Waals surface area contributed by atoms with Crippen molar-refractivity contribution in [2.75, 3.05) is 88.0 Å². The topological polar surface area (TPSA) is 467 Å². The van der Waals surface area contributed by atoms with Gasteiger partial charge in [0.1, 0.15) is 23.2 Å². The number of rotatable bonds is 26. The lowest BCUT2D eigenvalue weighted by atomic mass is 10.1. The van der Waals surface area contributed by atoms with Gasteiger partial charge in [-0.05, 0) is 241 Å². The van der Waals surface area contributed by atoms with Crippen molar-refractivity contribution in [1.82, 2.24) is 4.98 Å². The summed E-state index contributed by atoms with van der Waals surface area (Å²) in [6, 6.07) is 57.7. The molecule has 1 saturated carbocycles. The first kappa shape index (κ1) is 114. The Bertz CT molecular complexity index is 3570. The van der Waals surface area contributed by atoms with Crippen LogP contribution >= 0.6 is 23.2 Å². The molecule has 1 aromatic heterocycles. The number of halogens is 5. The number of H-pyrrole nitrogens is 1. The van der Waals surface area contributed by atoms with Gasteiger partial charge in [0.25, 0.3) is 0 Å². The molecular weight excluding hydrogens is 1510 g/mol. The van der Waals surface area contributed by atoms with E-state index in [9.17, 15) is 13.2 Å². The van der Waals surface area contributed by atoms with E-state index in [4.69, 9.17) is 132 Å². The molecule has 27 heteroatoms. The minimum atomic E-state index is -0.583. The second kappa shape index (κ2) is 81.5. The number of aromatic nitrogens is 1. The van der Waals surface area contributed by atoms with Crippen LogP contribution in [0, 0.1) is 23.4 Å². The van der Waals surface area contributed by atoms with E-state index in [1.165, 1.54) is 71.5 Å². The molecular formula is C88H144Cl2F3N15O7. The van der Waals surface area contributed by atoms with Crippen molar-refractivity contribution in [3.05, 3.63) is 266 Å². The summed E-state index contributed by atoms with van der Waals surface area (Å²) in [6.07, 6.45) is 17.1. The maximum Gasteiger partial charge on any atom is 0.161 e. The summed E-state index contributed by atoms with van der Waals surface area (Å²) < 4.78 is 62.2. The smallest absolute Gasteiger partial charge is 0.161 e. The van der Waals surface area contributed by atoms with Crippen LogP contribution in [0.25, 0.3) is 10.9 Å². The van der Waals surface area contributed by atoms with Crippen LogP contribution in [0.5, 0.6) is 17.2 Å². The predicted molar refractivity (Wildman–Crippen MR) is 477 cm³/mol. The zero-order chi connectivity index (χ0) is 87.1. The number of nitrogens with one attached hydrogen (secondary N) is 1. The first-order valence-corrected chi connectivity index (χ1v) is 39.5. The molecule has 1 aliphatic rings. The van der Waals surface area contributed by atoms with Gasteiger partial charge >= 0.3 is 0 Å². The molecule has 1 heterocycles. The third-order valence-electron chi connectivity index (χ3n) is 15.7. The van der Waals surface area contributed by atoms with Crippen molar-refractivity contribution in [1.29, 1.82) is 0 Å². The Morgan fingerprint density at radius 3 is 1.35 bits per heavy atom. The minimum Gasteiger partial charge on any atom is -0.497 e. The van der Waals surface area contributed by atoms with Crippen molar-refractivity contribution in [2.24, 2.45) is 86.4 Å². The minimum absolute atomic E-state index is 0.0754. The number of para-hydroxylation sites is 1. The van der Waals surface area contributed by atoms with Crippen LogP contribution in [0.3, 0.4) is 0 Å². The highest BCUT2D eigenvalue weighted by Crippen LogP contribution is 2.27. The zero-order valence-corrected chi connectivity index (χ0v) is 71.2. The Morgan fingerprint density at radius 2 is 0.930 bits per heavy atom. The Kier molecular flexibility index (Phi) is 80.6. The lowest BCUT2D eigenvalue weighted by molar-refractivity contribution is -0.106. The molecule has 9 aromatic rings. The fraction of sp³-hybridized carbons (Fsp3) is 0.432. The maximum absolute atomic E-state index is 12.5. The summed E-state index contributed by atoms with van der Waals surface area (Å²) in [5.74, 6) is 5.20. The second-order valence-electron chi connectivity index (χ2n) is 25.4. The first-order valence-electron chi connectivity index (χ1n) is 38.8. The van der Waals surface area contributed by atoms with Crippen molar-refractivity contribution in [2.45, 2.75) is 156 Å². The third kappa shape index (κ3) is 64.2. The number of hydrogen-bond donors (Lipinski definition) is 17. The number of aryl methyl sites for hydroxylation is 1. The first-order chi connectivity index (χ1) is 55.6. The number of methoxy groups -OCH3 is 5. The van der Waals surface area contributed by atoms with Gasteiger partial charge < -0.3 is 114 Å². The molecule has 648 valence electrons. The molecule has 0 radical (unpaired) electrons. The van der Waals surface area contributed by atoms with Gasteiger partial charge in [-0.25, -0.2) is 19.1 Å². The van der Waals surface area contributed by atoms with Gasteiger partial charge in [0.05, 0.1) is 21.3 Å². The fourth-order valence-electron chi connectivity index (χ4n) is 9.33. The summed E-state index contributed by atoms with van der Waals surface area (Å²) >= 11 is 11.4. The molecule has 0 atom stereocenters. The zero-order valence-electron chi connectivity index (χ0n) is 69.7. The van der Waals surface area contributed by atoms with Crippen molar-refractivity contribution >= 4 is 34.1 Å². The van der Waals surface area contributed by atoms with E-state index in [1.807, 2.05) is 109 Å². The van der Waals surface area contributed by atoms with Gasteiger partial charge in [0.15, 0.2) is 17.8 Å². The number of ether oxygens (including phenoxy) is 5. The fourth-order valence-corrected chi connectivity index (χ4v) is 9.76. The average molecular weight is 1650 g/mol. The number of hydrogen-bond acceptors (Lipinski definition) is 21. The molecule has 0 unspecified atom stereocenters. The van der Waals surface area contributed by atoms with Crippen LogP contribution < -0.4 is 94.6 Å². The number of aliphatic hydroxyl groups excluding tert-OH is 1. The number of aliphatic hydroxyl groups is 1. The molecule has 8 aromatic carbocycles. The SMILES string of the molecule is CC(C)CCN.CCCN.COC(CCCN)OC.COc1ccc(CN)cc1OC.COc1cccc(CN)c1.NC1CCCC1.NCCCCO.NCCCc1ccccc1.NCCc1c[nH]c2ccccc12.NCCc1cccc(Cl)c1.NCc1cc(F)cc(F)c1.NCc1cccc(Cl)c1.NCc1ccccc1F.NO. The van der Waals surface area contributed by atoms with Gasteiger partial charge in [0.2, 0.25) is 0 Å². The molecule has 0 aliphatic heterocycles. The van der Waals surface area contributed by atoms with Crippen LogP contribution in [0.15, 0.2) is 194 Å². The standard InChI is InChI=1S/C10H12N2.C9H13NO2.C9H13N.C8H10ClN.C8H11NO.C7H8ClN.C7H7F2N.C7H8FN.C6H15NO2.C5H11N.C5H13N.C4H11NO.C3H9N.H3NO/c11-6-5-8-7-12-10-4-2-1-3-9(8)10;1-11-8-4-3-7(6-10)5-9(8)12-2;10-8-4-7-9-5-2-1-3-6-9;9-8-3-1-2-7(6-8)4-5-10;1-10-8-4-2-3-7(5-8)6-9;8-7-3-1-2-6(4-7)5-9;8-6-1-5(4-10)2-7(9)3-6;8-7-4-2-1-3-6(7)5-9;1-8-6(9-2)4-3-5-7;6-5-3-1-2-4-5;1-5(2)3-4-6;5-3-1-2-4-6;1-2-3-4;1-2/h1-4,7,12H,5-6,11H2;3-5H,6,10H2,1-2H3;1-3,5-6H,4,7-8,10H2;1-3,6H,4-5,10H2;2-5H,6,9H2,1H3;1-4H,5,9H2;1-3H,4,10H2;1-4H,5,9H2;6H,3-5,7H2,1-2H3;5H,1-4,6H2;5H,3-4,6H2,1-2H3;6H,1-5H2;2-4H2,1H3;2H,1H2. The van der Waals surface area contributed by atoms with E-state index in [0.29, 0.717) is 63.0 Å². The quantitative estimate of drug-likeness (QED) is 0.0136. The Hall–Kier alpha value is -7.65. The highest BCUT2D eigenvalue weighted by atomic mass is 35.5. The number of fused-ring (bicyclic) bond motifs is 1. The number of aromatic amines is 1. The molecule has 0 saturated heterocycles. The van der Waals surface area contributed by atoms with E-state index in [-0.39, 0.29) is 31.8 Å². The van der Waals surface area contributed by atoms with Gasteiger partial charge in [-0.3, -0.25) is 0 Å². The highest BCUT2D eigenvalue weighted by Gasteiger charge is 2.08. The van der Waals surface area contributed by atoms with Crippen LogP contribution in [0.1, 0.15) is 136 Å². The van der Waals surface area contributed by atoms with Crippen LogP contribution in [0.2, 0.25) is 10.0 Å². The van der Waals surface area contributed by atoms with E-state index < -0.39 is 11.6 Å². The van der Waals surface area contributed by atoms with Crippen LogP contribution in [-0.4, -0.2) is 116 Å². The summed E-state index contributed by atoms with van der Waals surface area (Å²) in [4.78, 5) is 3.22. The number of benzene rings is 8. The van der Waals surface area contributed by atoms with Gasteiger partial charge in [-0.2, -0.15) is 0 Å². The molecule has 115 heavy (non-hydrogen) atoms. The predicted octanol–water partition coefficient (Wildman–Crippen LogP) is 13.5. The Labute approximate surface area is 696 Å². The molecule has 0 bridgehead atoms. The van der Waals surface area contributed by atoms with Gasteiger partial charge in [-0.1, -0.05) is 166 Å². The molecule has 31 N–H and O–H groups in total. The summed E-state index contributed by atoms with van der Waals surface area (Å²) in [5.41, 5.74) is 78.4. The van der Waals surface area contributed by atoms with E-state index in [1.54, 1.807) is 53.7 Å². The van der Waals surface area contributed by atoms with Crippen molar-refractivity contribution < 1.29 is 47.2 Å². The van der Waals surface area contributed by atoms with E-state index in [2.05, 4.69) is 74.1 Å². The Balaban J connectivity index is -0.000000584.